The van der Waals surface area contributed by atoms with Gasteiger partial charge in [0.15, 0.2) is 0 Å². The van der Waals surface area contributed by atoms with Crippen LogP contribution < -0.4 is 12.3 Å². The first kappa shape index (κ1) is 38.4. The number of rotatable bonds is 0. The molecule has 0 fully saturated rings. The van der Waals surface area contributed by atoms with Crippen LogP contribution in [-0.2, 0) is 4.74 Å². The first-order valence-electron chi connectivity index (χ1n) is 2.76. The highest BCUT2D eigenvalue weighted by Crippen LogP contribution is 1.73. The summed E-state index contributed by atoms with van der Waals surface area (Å²) in [5.41, 5.74) is 0. The van der Waals surface area contributed by atoms with Crippen LogP contribution in [-0.4, -0.2) is 22.5 Å². The Kier molecular flexibility index (Phi) is 151. The molecule has 0 aliphatic rings. The minimum Gasteiger partial charge on any atom is -0.449 e. The highest BCUT2D eigenvalue weighted by atomic mass is 16.7. The Morgan fingerprint density at radius 3 is 0.867 bits per heavy atom. The van der Waals surface area contributed by atoms with Crippen molar-refractivity contribution in [3.05, 3.63) is 39.5 Å². The Morgan fingerprint density at radius 2 is 0.867 bits per heavy atom. The molecule has 0 radical (unpaired) electrons. The fourth-order valence-corrected chi connectivity index (χ4v) is 0.0747. The summed E-state index contributed by atoms with van der Waals surface area (Å²) in [6.07, 6.45) is -3.62. The molecule has 0 bridgehead atoms. The lowest BCUT2D eigenvalue weighted by atomic mass is 11.3. The third-order valence-corrected chi connectivity index (χ3v) is 0.175. The Hall–Kier alpha value is -2.12. The number of carbonyl (C=O) groups is 2. The molecule has 0 aromatic rings. The molecule has 8 N–H and O–H groups in total. The first-order valence-corrected chi connectivity index (χ1v) is 2.76. The van der Waals surface area contributed by atoms with Crippen molar-refractivity contribution in [3.63, 3.8) is 0 Å². The lowest BCUT2D eigenvalue weighted by Crippen LogP contribution is -2.05. The van der Waals surface area contributed by atoms with Gasteiger partial charge in [0.2, 0.25) is 0 Å². The number of carboxylic acid groups (broad SMARTS) is 2. The van der Waals surface area contributed by atoms with Crippen molar-refractivity contribution < 1.29 is 24.5 Å². The SMILES string of the molecule is C=C.C=C.C=C.N.N.O=C(O)OC(=O)O. The summed E-state index contributed by atoms with van der Waals surface area (Å²) in [5, 5.41) is 15.0. The summed E-state index contributed by atoms with van der Waals surface area (Å²) in [6, 6.07) is 0. The summed E-state index contributed by atoms with van der Waals surface area (Å²) >= 11 is 0. The van der Waals surface area contributed by atoms with E-state index in [-0.39, 0.29) is 12.3 Å². The van der Waals surface area contributed by atoms with Gasteiger partial charge in [0.1, 0.15) is 0 Å². The molecular weight excluding hydrogens is 204 g/mol. The lowest BCUT2D eigenvalue weighted by Gasteiger charge is -1.84. The quantitative estimate of drug-likeness (QED) is 0.280. The summed E-state index contributed by atoms with van der Waals surface area (Å²) < 4.78 is 3.08. The molecule has 7 nitrogen and oxygen atoms in total. The molecule has 0 amide bonds. The van der Waals surface area contributed by atoms with E-state index in [0.29, 0.717) is 0 Å². The zero-order valence-electron chi connectivity index (χ0n) is 8.78. The second kappa shape index (κ2) is 59.1. The minimum absolute atomic E-state index is 0. The Balaban J connectivity index is -0.0000000221. The zero-order chi connectivity index (χ0) is 11.9. The van der Waals surface area contributed by atoms with Crippen LogP contribution in [0, 0.1) is 0 Å². The van der Waals surface area contributed by atoms with Gasteiger partial charge in [-0.3, -0.25) is 0 Å². The third kappa shape index (κ3) is 328. The second-order valence-corrected chi connectivity index (χ2v) is 0.634. The molecule has 0 unspecified atom stereocenters. The predicted molar refractivity (Wildman–Crippen MR) is 60.9 cm³/mol. The van der Waals surface area contributed by atoms with E-state index in [0.717, 1.165) is 0 Å². The van der Waals surface area contributed by atoms with Crippen molar-refractivity contribution in [3.8, 4) is 0 Å². The van der Waals surface area contributed by atoms with Crippen LogP contribution in [0.1, 0.15) is 0 Å². The van der Waals surface area contributed by atoms with E-state index in [9.17, 15) is 9.59 Å². The number of hydrogen-bond acceptors (Lipinski definition) is 5. The van der Waals surface area contributed by atoms with Gasteiger partial charge < -0.3 is 27.3 Å². The molecule has 0 aromatic carbocycles. The number of hydrogen-bond donors (Lipinski definition) is 4. The van der Waals surface area contributed by atoms with E-state index in [1.54, 1.807) is 0 Å². The van der Waals surface area contributed by atoms with Gasteiger partial charge in [-0.05, 0) is 0 Å². The average Bonchev–Trinajstić information content (AvgIpc) is 2.12. The zero-order valence-corrected chi connectivity index (χ0v) is 8.78. The summed E-state index contributed by atoms with van der Waals surface area (Å²) in [4.78, 5) is 18.4. The largest absolute Gasteiger partial charge is 0.516 e. The van der Waals surface area contributed by atoms with Gasteiger partial charge in [-0.2, -0.15) is 0 Å². The smallest absolute Gasteiger partial charge is 0.449 e. The van der Waals surface area contributed by atoms with Gasteiger partial charge in [0, 0.05) is 0 Å². The van der Waals surface area contributed by atoms with Crippen molar-refractivity contribution >= 4 is 12.3 Å². The van der Waals surface area contributed by atoms with Crippen molar-refractivity contribution in [2.75, 3.05) is 0 Å². The number of ether oxygens (including phenoxy) is 1. The van der Waals surface area contributed by atoms with Crippen LogP contribution in [0.5, 0.6) is 0 Å². The summed E-state index contributed by atoms with van der Waals surface area (Å²) in [5.74, 6) is 0. The molecule has 15 heavy (non-hydrogen) atoms. The Morgan fingerprint density at radius 1 is 0.733 bits per heavy atom. The first-order chi connectivity index (χ1) is 6.13. The molecule has 0 aliphatic carbocycles. The normalized spacial score (nSPS) is 4.27. The maximum Gasteiger partial charge on any atom is 0.516 e. The van der Waals surface area contributed by atoms with Gasteiger partial charge in [0.25, 0.3) is 0 Å². The van der Waals surface area contributed by atoms with Gasteiger partial charge >= 0.3 is 12.3 Å². The van der Waals surface area contributed by atoms with Crippen molar-refractivity contribution in [1.29, 1.82) is 0 Å². The van der Waals surface area contributed by atoms with Crippen LogP contribution in [0.15, 0.2) is 39.5 Å². The monoisotopic (exact) mass is 224 g/mol. The van der Waals surface area contributed by atoms with Crippen molar-refractivity contribution in [2.24, 2.45) is 0 Å². The lowest BCUT2D eigenvalue weighted by molar-refractivity contribution is 0.0802. The van der Waals surface area contributed by atoms with E-state index >= 15 is 0 Å². The molecule has 0 aromatic heterocycles. The van der Waals surface area contributed by atoms with E-state index in [4.69, 9.17) is 10.2 Å². The van der Waals surface area contributed by atoms with Crippen LogP contribution in [0.3, 0.4) is 0 Å². The molecule has 0 aliphatic heterocycles. The minimum atomic E-state index is -1.81. The van der Waals surface area contributed by atoms with Gasteiger partial charge in [0.05, 0.1) is 0 Å². The molecule has 0 rings (SSSR count). The standard InChI is InChI=1S/C2H2O5.3C2H4.2H3N/c3-1(4)7-2(5)6;3*1-2;;/h(H,3,4)(H,5,6);3*1-2H2;2*1H3. The van der Waals surface area contributed by atoms with E-state index in [1.165, 1.54) is 0 Å². The molecular formula is C8H20N2O5. The third-order valence-electron chi connectivity index (χ3n) is 0.175. The molecule has 0 heterocycles. The molecule has 0 spiro atoms. The second-order valence-electron chi connectivity index (χ2n) is 0.634. The highest BCUT2D eigenvalue weighted by molar-refractivity contribution is 5.74. The molecule has 0 saturated carbocycles. The van der Waals surface area contributed by atoms with Crippen LogP contribution in [0.25, 0.3) is 0 Å². The fraction of sp³-hybridized carbons (Fsp3) is 0. The maximum atomic E-state index is 9.21. The Labute approximate surface area is 89.5 Å². The van der Waals surface area contributed by atoms with E-state index < -0.39 is 12.3 Å². The summed E-state index contributed by atoms with van der Waals surface area (Å²) in [7, 11) is 0. The summed E-state index contributed by atoms with van der Waals surface area (Å²) in [6.45, 7) is 18.0. The Bertz CT molecular complexity index is 124. The van der Waals surface area contributed by atoms with Gasteiger partial charge in [-0.25, -0.2) is 9.59 Å². The van der Waals surface area contributed by atoms with Crippen LogP contribution >= 0.6 is 0 Å². The fourth-order valence-electron chi connectivity index (χ4n) is 0.0747. The van der Waals surface area contributed by atoms with Crippen molar-refractivity contribution in [2.45, 2.75) is 0 Å². The van der Waals surface area contributed by atoms with Crippen LogP contribution in [0.4, 0.5) is 9.59 Å². The van der Waals surface area contributed by atoms with Gasteiger partial charge in [-0.1, -0.05) is 0 Å². The van der Waals surface area contributed by atoms with Gasteiger partial charge in [-0.15, -0.1) is 39.5 Å². The maximum absolute atomic E-state index is 9.21. The molecule has 92 valence electrons. The van der Waals surface area contributed by atoms with E-state index in [2.05, 4.69) is 44.2 Å². The molecule has 0 saturated heterocycles. The van der Waals surface area contributed by atoms with Crippen LogP contribution in [0.2, 0.25) is 0 Å². The predicted octanol–water partition coefficient (Wildman–Crippen LogP) is 3.09. The topological polar surface area (TPSA) is 154 Å². The highest BCUT2D eigenvalue weighted by Gasteiger charge is 2.01. The molecule has 7 heteroatoms. The van der Waals surface area contributed by atoms with E-state index in [1.807, 2.05) is 0 Å². The van der Waals surface area contributed by atoms with Crippen molar-refractivity contribution in [1.82, 2.24) is 12.3 Å². The molecule has 0 atom stereocenters. The average molecular weight is 224 g/mol.